The van der Waals surface area contributed by atoms with Gasteiger partial charge >= 0.3 is 36.0 Å². The van der Waals surface area contributed by atoms with Gasteiger partial charge in [0.05, 0.1) is 25.7 Å². The van der Waals surface area contributed by atoms with E-state index in [-0.39, 0.29) is 25.7 Å². The summed E-state index contributed by atoms with van der Waals surface area (Å²) in [6.07, 6.45) is -6.27. The molecular formula is C10H13F3O10. The van der Waals surface area contributed by atoms with E-state index in [1.54, 1.807) is 0 Å². The minimum Gasteiger partial charge on any atom is -0.481 e. The number of rotatable bonds is 6. The second kappa shape index (κ2) is 12.8. The molecule has 0 atom stereocenters. The molecule has 0 aliphatic heterocycles. The quantitative estimate of drug-likeness (QED) is 0.451. The Balaban J connectivity index is -0.000000262. The molecule has 13 heteroatoms. The van der Waals surface area contributed by atoms with Gasteiger partial charge in [0.2, 0.25) is 0 Å². The summed E-state index contributed by atoms with van der Waals surface area (Å²) in [7, 11) is 0. The Morgan fingerprint density at radius 3 is 0.739 bits per heavy atom. The normalized spacial score (nSPS) is 9.35. The van der Waals surface area contributed by atoms with Gasteiger partial charge in [0.25, 0.3) is 0 Å². The van der Waals surface area contributed by atoms with Crippen LogP contribution in [0.2, 0.25) is 0 Å². The third-order valence-electron chi connectivity index (χ3n) is 1.35. The maximum atomic E-state index is 10.6. The number of hydrogen-bond donors (Lipinski definition) is 5. The molecule has 0 spiro atoms. The lowest BCUT2D eigenvalue weighted by Crippen LogP contribution is -2.21. The van der Waals surface area contributed by atoms with Crippen molar-refractivity contribution in [2.45, 2.75) is 31.9 Å². The molecule has 5 N–H and O–H groups in total. The average molecular weight is 350 g/mol. The standard InChI is InChI=1S/2C4H6O4.C2HF3O2/c2*5-3(6)1-2-4(7)8;3-2(4,5)1(6)7/h2*1-2H2,(H,5,6)(H,7,8);(H,6,7). The summed E-state index contributed by atoms with van der Waals surface area (Å²) < 4.78 is 31.7. The monoisotopic (exact) mass is 350 g/mol. The van der Waals surface area contributed by atoms with Gasteiger partial charge in [-0.3, -0.25) is 19.2 Å². The van der Waals surface area contributed by atoms with Gasteiger partial charge in [0.1, 0.15) is 0 Å². The van der Waals surface area contributed by atoms with Crippen molar-refractivity contribution in [2.24, 2.45) is 0 Å². The smallest absolute Gasteiger partial charge is 0.481 e. The summed E-state index contributed by atoms with van der Waals surface area (Å²) in [5, 5.41) is 38.7. The van der Waals surface area contributed by atoms with Crippen LogP contribution in [0.4, 0.5) is 13.2 Å². The van der Waals surface area contributed by atoms with Crippen LogP contribution in [-0.4, -0.2) is 61.6 Å². The van der Waals surface area contributed by atoms with E-state index in [4.69, 9.17) is 30.3 Å². The van der Waals surface area contributed by atoms with Gasteiger partial charge in [-0.15, -0.1) is 0 Å². The Morgan fingerprint density at radius 2 is 0.696 bits per heavy atom. The molecule has 0 aromatic carbocycles. The number of carbonyl (C=O) groups is 5. The second-order valence-corrected chi connectivity index (χ2v) is 3.38. The highest BCUT2D eigenvalue weighted by Crippen LogP contribution is 2.13. The number of hydrogen-bond acceptors (Lipinski definition) is 5. The fourth-order valence-electron chi connectivity index (χ4n) is 0.428. The first kappa shape index (κ1) is 25.1. The zero-order valence-corrected chi connectivity index (χ0v) is 11.2. The lowest BCUT2D eigenvalue weighted by Gasteiger charge is -1.93. The van der Waals surface area contributed by atoms with Crippen LogP contribution >= 0.6 is 0 Å². The van der Waals surface area contributed by atoms with Crippen LogP contribution < -0.4 is 0 Å². The largest absolute Gasteiger partial charge is 0.490 e. The SMILES string of the molecule is O=C(O)C(F)(F)F.O=C(O)CCC(=O)O.O=C(O)CCC(=O)O. The molecule has 0 amide bonds. The van der Waals surface area contributed by atoms with Crippen molar-refractivity contribution >= 4 is 29.8 Å². The third kappa shape index (κ3) is 32.6. The summed E-state index contributed by atoms with van der Waals surface area (Å²) in [6.45, 7) is 0. The van der Waals surface area contributed by atoms with Crippen molar-refractivity contribution in [2.75, 3.05) is 0 Å². The van der Waals surface area contributed by atoms with Crippen molar-refractivity contribution in [1.82, 2.24) is 0 Å². The summed E-state index contributed by atoms with van der Waals surface area (Å²) in [5.74, 6) is -7.06. The molecule has 0 aromatic rings. The molecule has 0 aromatic heterocycles. The van der Waals surface area contributed by atoms with Gasteiger partial charge in [-0.2, -0.15) is 13.2 Å². The number of carboxylic acid groups (broad SMARTS) is 5. The summed E-state index contributed by atoms with van der Waals surface area (Å²) in [5.41, 5.74) is 0. The molecular weight excluding hydrogens is 337 g/mol. The molecule has 0 saturated heterocycles. The summed E-state index contributed by atoms with van der Waals surface area (Å²) >= 11 is 0. The molecule has 0 unspecified atom stereocenters. The Labute approximate surface area is 125 Å². The van der Waals surface area contributed by atoms with E-state index in [1.807, 2.05) is 0 Å². The highest BCUT2D eigenvalue weighted by Gasteiger charge is 2.38. The van der Waals surface area contributed by atoms with Crippen molar-refractivity contribution in [1.29, 1.82) is 0 Å². The number of halogens is 3. The van der Waals surface area contributed by atoms with Crippen molar-refractivity contribution in [3.63, 3.8) is 0 Å². The zero-order chi connectivity index (χ0) is 19.2. The van der Waals surface area contributed by atoms with Crippen molar-refractivity contribution in [3.05, 3.63) is 0 Å². The maximum absolute atomic E-state index is 10.6. The van der Waals surface area contributed by atoms with Gasteiger partial charge in [0.15, 0.2) is 0 Å². The second-order valence-electron chi connectivity index (χ2n) is 3.38. The molecule has 0 aliphatic rings. The lowest BCUT2D eigenvalue weighted by molar-refractivity contribution is -0.192. The highest BCUT2D eigenvalue weighted by molar-refractivity contribution is 5.75. The van der Waals surface area contributed by atoms with Crippen LogP contribution in [0.15, 0.2) is 0 Å². The molecule has 0 radical (unpaired) electrons. The molecule has 0 rings (SSSR count). The predicted octanol–water partition coefficient (Wildman–Crippen LogP) is 0.505. The Bertz CT molecular complexity index is 373. The van der Waals surface area contributed by atoms with E-state index in [9.17, 15) is 32.3 Å². The number of aliphatic carboxylic acids is 5. The molecule has 23 heavy (non-hydrogen) atoms. The van der Waals surface area contributed by atoms with Gasteiger partial charge < -0.3 is 25.5 Å². The molecule has 0 bridgehead atoms. The van der Waals surface area contributed by atoms with Crippen LogP contribution in [0.1, 0.15) is 25.7 Å². The van der Waals surface area contributed by atoms with Gasteiger partial charge in [-0.05, 0) is 0 Å². The average Bonchev–Trinajstić information content (AvgIpc) is 2.34. The molecule has 0 fully saturated rings. The first-order chi connectivity index (χ1) is 10.2. The molecule has 0 heterocycles. The van der Waals surface area contributed by atoms with Gasteiger partial charge in [-0.25, -0.2) is 4.79 Å². The van der Waals surface area contributed by atoms with Crippen LogP contribution in [-0.2, 0) is 24.0 Å². The van der Waals surface area contributed by atoms with E-state index in [2.05, 4.69) is 0 Å². The molecule has 10 nitrogen and oxygen atoms in total. The zero-order valence-electron chi connectivity index (χ0n) is 11.2. The Morgan fingerprint density at radius 1 is 0.565 bits per heavy atom. The fraction of sp³-hybridized carbons (Fsp3) is 0.500. The fourth-order valence-corrected chi connectivity index (χ4v) is 0.428. The van der Waals surface area contributed by atoms with Crippen molar-refractivity contribution < 1.29 is 62.7 Å². The first-order valence-electron chi connectivity index (χ1n) is 5.37. The lowest BCUT2D eigenvalue weighted by atomic mass is 10.3. The number of carboxylic acids is 5. The van der Waals surface area contributed by atoms with Crippen LogP contribution in [0, 0.1) is 0 Å². The van der Waals surface area contributed by atoms with E-state index < -0.39 is 36.0 Å². The Kier molecular flexibility index (Phi) is 14.0. The van der Waals surface area contributed by atoms with E-state index in [1.165, 1.54) is 0 Å². The first-order valence-corrected chi connectivity index (χ1v) is 5.37. The van der Waals surface area contributed by atoms with Gasteiger partial charge in [0, 0.05) is 0 Å². The molecule has 0 aliphatic carbocycles. The van der Waals surface area contributed by atoms with Crippen LogP contribution in [0.25, 0.3) is 0 Å². The third-order valence-corrected chi connectivity index (χ3v) is 1.35. The molecule has 134 valence electrons. The minimum atomic E-state index is -5.08. The topological polar surface area (TPSA) is 186 Å². The van der Waals surface area contributed by atoms with Crippen molar-refractivity contribution in [3.8, 4) is 0 Å². The minimum absolute atomic E-state index is 0.296. The summed E-state index contributed by atoms with van der Waals surface area (Å²) in [6, 6.07) is 0. The predicted molar refractivity (Wildman–Crippen MR) is 62.7 cm³/mol. The van der Waals surface area contributed by atoms with E-state index in [0.29, 0.717) is 0 Å². The number of alkyl halides is 3. The van der Waals surface area contributed by atoms with Gasteiger partial charge in [-0.1, -0.05) is 0 Å². The van der Waals surface area contributed by atoms with E-state index >= 15 is 0 Å². The van der Waals surface area contributed by atoms with Crippen LogP contribution in [0.3, 0.4) is 0 Å². The summed E-state index contributed by atoms with van der Waals surface area (Å²) in [4.78, 5) is 47.5. The molecule has 0 saturated carbocycles. The highest BCUT2D eigenvalue weighted by atomic mass is 19.4. The van der Waals surface area contributed by atoms with E-state index in [0.717, 1.165) is 0 Å². The Hall–Kier alpha value is -2.86. The van der Waals surface area contributed by atoms with Crippen LogP contribution in [0.5, 0.6) is 0 Å². The maximum Gasteiger partial charge on any atom is 0.490 e.